The molecule has 148 valence electrons. The molecule has 1 saturated heterocycles. The van der Waals surface area contributed by atoms with Crippen LogP contribution in [0.4, 0.5) is 5.69 Å². The molecule has 4 nitrogen and oxygen atoms in total. The number of benzene rings is 1. The van der Waals surface area contributed by atoms with E-state index in [-0.39, 0.29) is 29.8 Å². The van der Waals surface area contributed by atoms with E-state index in [4.69, 9.17) is 5.73 Å². The van der Waals surface area contributed by atoms with E-state index in [9.17, 15) is 4.79 Å². The quantitative estimate of drug-likeness (QED) is 0.810. The SMILES string of the molecule is CCCC(C)(N)C(=O)NC1CCN(c2ccc(C(C)(C)C)cc2)CC1.Cl. The second kappa shape index (κ2) is 9.09. The number of carbonyl (C=O) groups is 1. The van der Waals surface area contributed by atoms with Crippen LogP contribution >= 0.6 is 12.4 Å². The van der Waals surface area contributed by atoms with Crippen molar-refractivity contribution in [3.63, 3.8) is 0 Å². The molecule has 1 aliphatic rings. The lowest BCUT2D eigenvalue weighted by Crippen LogP contribution is -2.55. The molecule has 0 saturated carbocycles. The molecule has 1 aromatic carbocycles. The Labute approximate surface area is 165 Å². The van der Waals surface area contributed by atoms with Crippen LogP contribution in [0.1, 0.15) is 65.9 Å². The molecule has 0 aromatic heterocycles. The van der Waals surface area contributed by atoms with Gasteiger partial charge in [-0.1, -0.05) is 46.2 Å². The van der Waals surface area contributed by atoms with Gasteiger partial charge in [-0.3, -0.25) is 4.79 Å². The summed E-state index contributed by atoms with van der Waals surface area (Å²) < 4.78 is 0. The van der Waals surface area contributed by atoms with Gasteiger partial charge < -0.3 is 16.0 Å². The van der Waals surface area contributed by atoms with E-state index in [1.165, 1.54) is 11.3 Å². The maximum atomic E-state index is 12.4. The van der Waals surface area contributed by atoms with Crippen molar-refractivity contribution in [2.75, 3.05) is 18.0 Å². The standard InChI is InChI=1S/C21H35N3O.ClH/c1-6-13-21(5,22)19(25)23-17-11-14-24(15-12-17)18-9-7-16(8-10-18)20(2,3)4;/h7-10,17H,6,11-15,22H2,1-5H3,(H,23,25);1H. The second-order valence-corrected chi connectivity index (χ2v) is 8.70. The van der Waals surface area contributed by atoms with Crippen molar-refractivity contribution in [3.05, 3.63) is 29.8 Å². The summed E-state index contributed by atoms with van der Waals surface area (Å²) in [4.78, 5) is 14.8. The van der Waals surface area contributed by atoms with Gasteiger partial charge in [0.15, 0.2) is 0 Å². The molecule has 1 aliphatic heterocycles. The Balaban J connectivity index is 0.00000338. The summed E-state index contributed by atoms with van der Waals surface area (Å²) in [6.07, 6.45) is 3.57. The normalized spacial score (nSPS) is 18.0. The van der Waals surface area contributed by atoms with Crippen molar-refractivity contribution >= 4 is 24.0 Å². The minimum atomic E-state index is -0.755. The summed E-state index contributed by atoms with van der Waals surface area (Å²) in [6, 6.07) is 9.13. The fourth-order valence-electron chi connectivity index (χ4n) is 3.44. The first-order chi connectivity index (χ1) is 11.6. The van der Waals surface area contributed by atoms with E-state index in [0.29, 0.717) is 0 Å². The highest BCUT2D eigenvalue weighted by molar-refractivity contribution is 5.86. The van der Waals surface area contributed by atoms with Crippen LogP contribution in [0.3, 0.4) is 0 Å². The zero-order valence-corrected chi connectivity index (χ0v) is 17.8. The average Bonchev–Trinajstić information content (AvgIpc) is 2.55. The third kappa shape index (κ3) is 5.88. The van der Waals surface area contributed by atoms with Crippen molar-refractivity contribution < 1.29 is 4.79 Å². The Morgan fingerprint density at radius 1 is 1.15 bits per heavy atom. The molecule has 5 heteroatoms. The molecule has 1 fully saturated rings. The van der Waals surface area contributed by atoms with Crippen LogP contribution in [0.25, 0.3) is 0 Å². The van der Waals surface area contributed by atoms with Gasteiger partial charge in [-0.25, -0.2) is 0 Å². The number of rotatable bonds is 5. The van der Waals surface area contributed by atoms with E-state index in [0.717, 1.165) is 38.8 Å². The topological polar surface area (TPSA) is 58.4 Å². The predicted octanol–water partition coefficient (Wildman–Crippen LogP) is 4.01. The van der Waals surface area contributed by atoms with Crippen LogP contribution in [0, 0.1) is 0 Å². The van der Waals surface area contributed by atoms with E-state index in [1.807, 2.05) is 6.92 Å². The van der Waals surface area contributed by atoms with Crippen molar-refractivity contribution in [1.29, 1.82) is 0 Å². The monoisotopic (exact) mass is 381 g/mol. The smallest absolute Gasteiger partial charge is 0.240 e. The van der Waals surface area contributed by atoms with E-state index in [2.05, 4.69) is 62.2 Å². The highest BCUT2D eigenvalue weighted by Gasteiger charge is 2.30. The van der Waals surface area contributed by atoms with Crippen molar-refractivity contribution in [2.24, 2.45) is 5.73 Å². The van der Waals surface area contributed by atoms with Gasteiger partial charge in [0.25, 0.3) is 0 Å². The van der Waals surface area contributed by atoms with Crippen LogP contribution < -0.4 is 16.0 Å². The molecule has 1 amide bonds. The van der Waals surface area contributed by atoms with E-state index >= 15 is 0 Å². The highest BCUT2D eigenvalue weighted by atomic mass is 35.5. The summed E-state index contributed by atoms with van der Waals surface area (Å²) in [5.41, 5.74) is 8.19. The number of nitrogens with two attached hydrogens (primary N) is 1. The Kier molecular flexibility index (Phi) is 7.97. The van der Waals surface area contributed by atoms with E-state index < -0.39 is 5.54 Å². The van der Waals surface area contributed by atoms with Gasteiger partial charge in [-0.05, 0) is 49.3 Å². The van der Waals surface area contributed by atoms with Gasteiger partial charge in [0.05, 0.1) is 5.54 Å². The zero-order chi connectivity index (χ0) is 18.7. The summed E-state index contributed by atoms with van der Waals surface area (Å²) in [5, 5.41) is 3.15. The Morgan fingerprint density at radius 2 is 1.69 bits per heavy atom. The van der Waals surface area contributed by atoms with Gasteiger partial charge in [-0.2, -0.15) is 0 Å². The zero-order valence-electron chi connectivity index (χ0n) is 17.0. The number of carbonyl (C=O) groups excluding carboxylic acids is 1. The van der Waals surface area contributed by atoms with Crippen LogP contribution in [0.2, 0.25) is 0 Å². The number of halogens is 1. The third-order valence-electron chi connectivity index (χ3n) is 5.22. The van der Waals surface area contributed by atoms with Crippen LogP contribution in [0.15, 0.2) is 24.3 Å². The number of nitrogens with one attached hydrogen (secondary N) is 1. The number of hydrogen-bond acceptors (Lipinski definition) is 3. The summed E-state index contributed by atoms with van der Waals surface area (Å²) in [6.45, 7) is 12.5. The number of amides is 1. The van der Waals surface area contributed by atoms with Crippen LogP contribution in [-0.4, -0.2) is 30.6 Å². The number of anilines is 1. The first-order valence-electron chi connectivity index (χ1n) is 9.59. The molecule has 2 rings (SSSR count). The van der Waals surface area contributed by atoms with E-state index in [1.54, 1.807) is 0 Å². The lowest BCUT2D eigenvalue weighted by Gasteiger charge is -2.35. The average molecular weight is 382 g/mol. The van der Waals surface area contributed by atoms with Crippen LogP contribution in [0.5, 0.6) is 0 Å². The van der Waals surface area contributed by atoms with Gasteiger partial charge in [0.1, 0.15) is 0 Å². The molecular weight excluding hydrogens is 346 g/mol. The van der Waals surface area contributed by atoms with Crippen LogP contribution in [-0.2, 0) is 10.2 Å². The first kappa shape index (κ1) is 22.8. The number of nitrogens with zero attached hydrogens (tertiary/aromatic N) is 1. The molecule has 0 bridgehead atoms. The molecule has 1 unspecified atom stereocenters. The fraction of sp³-hybridized carbons (Fsp3) is 0.667. The summed E-state index contributed by atoms with van der Waals surface area (Å²) in [7, 11) is 0. The maximum absolute atomic E-state index is 12.4. The fourth-order valence-corrected chi connectivity index (χ4v) is 3.44. The van der Waals surface area contributed by atoms with Crippen molar-refractivity contribution in [3.8, 4) is 0 Å². The van der Waals surface area contributed by atoms with Gasteiger partial charge >= 0.3 is 0 Å². The second-order valence-electron chi connectivity index (χ2n) is 8.70. The van der Waals surface area contributed by atoms with Crippen molar-refractivity contribution in [1.82, 2.24) is 5.32 Å². The Bertz CT molecular complexity index is 570. The summed E-state index contributed by atoms with van der Waals surface area (Å²) in [5.74, 6) is -0.0117. The van der Waals surface area contributed by atoms with Gasteiger partial charge in [0.2, 0.25) is 5.91 Å². The molecule has 0 aliphatic carbocycles. The van der Waals surface area contributed by atoms with Gasteiger partial charge in [-0.15, -0.1) is 12.4 Å². The first-order valence-corrected chi connectivity index (χ1v) is 9.59. The number of hydrogen-bond donors (Lipinski definition) is 2. The minimum Gasteiger partial charge on any atom is -0.371 e. The predicted molar refractivity (Wildman–Crippen MR) is 113 cm³/mol. The molecule has 0 spiro atoms. The van der Waals surface area contributed by atoms with Gasteiger partial charge in [0, 0.05) is 24.8 Å². The number of piperidine rings is 1. The third-order valence-corrected chi connectivity index (χ3v) is 5.22. The summed E-state index contributed by atoms with van der Waals surface area (Å²) >= 11 is 0. The molecule has 0 radical (unpaired) electrons. The lowest BCUT2D eigenvalue weighted by atomic mass is 9.87. The Hall–Kier alpha value is -1.26. The molecule has 1 atom stereocenters. The minimum absolute atomic E-state index is 0. The lowest BCUT2D eigenvalue weighted by molar-refractivity contribution is -0.126. The highest BCUT2D eigenvalue weighted by Crippen LogP contribution is 2.26. The molecule has 3 N–H and O–H groups in total. The molecular formula is C21H36ClN3O. The molecule has 1 heterocycles. The Morgan fingerprint density at radius 3 is 2.15 bits per heavy atom. The molecule has 1 aromatic rings. The largest absolute Gasteiger partial charge is 0.371 e. The van der Waals surface area contributed by atoms with Crippen molar-refractivity contribution in [2.45, 2.75) is 77.3 Å². The molecule has 26 heavy (non-hydrogen) atoms. The maximum Gasteiger partial charge on any atom is 0.240 e.